The molecule has 0 bridgehead atoms. The summed E-state index contributed by atoms with van der Waals surface area (Å²) in [5.41, 5.74) is 2.09. The number of benzene rings is 1. The molecule has 3 rings (SSSR count). The lowest BCUT2D eigenvalue weighted by Gasteiger charge is -2.39. The van der Waals surface area contributed by atoms with E-state index in [1.165, 1.54) is 23.7 Å². The Balaban J connectivity index is 1.68. The van der Waals surface area contributed by atoms with Gasteiger partial charge in [0.05, 0.1) is 11.4 Å². The van der Waals surface area contributed by atoms with Gasteiger partial charge in [-0.25, -0.2) is 0 Å². The number of hydrogen-bond acceptors (Lipinski definition) is 5. The van der Waals surface area contributed by atoms with E-state index in [0.29, 0.717) is 23.0 Å². The van der Waals surface area contributed by atoms with Gasteiger partial charge in [-0.2, -0.15) is 4.68 Å². The van der Waals surface area contributed by atoms with Crippen LogP contribution in [0.3, 0.4) is 0 Å². The van der Waals surface area contributed by atoms with Crippen LogP contribution in [0, 0.1) is 6.92 Å². The number of thioether (sulfide) groups is 1. The summed E-state index contributed by atoms with van der Waals surface area (Å²) in [4.78, 5) is 14.7. The molecule has 2 aromatic rings. The van der Waals surface area contributed by atoms with E-state index in [1.54, 1.807) is 4.68 Å². The fourth-order valence-electron chi connectivity index (χ4n) is 3.23. The number of carbonyl (C=O) groups excluding carboxylic acids is 1. The quantitative estimate of drug-likeness (QED) is 0.797. The van der Waals surface area contributed by atoms with Crippen molar-refractivity contribution in [2.24, 2.45) is 0 Å². The maximum atomic E-state index is 12.6. The molecule has 7 heteroatoms. The van der Waals surface area contributed by atoms with Gasteiger partial charge < -0.3 is 4.90 Å². The molecule has 2 atom stereocenters. The Morgan fingerprint density at radius 1 is 1.21 bits per heavy atom. The number of aromatic nitrogens is 4. The topological polar surface area (TPSA) is 63.9 Å². The van der Waals surface area contributed by atoms with Gasteiger partial charge in [0.15, 0.2) is 0 Å². The third kappa shape index (κ3) is 3.61. The van der Waals surface area contributed by atoms with Gasteiger partial charge in [0.25, 0.3) is 0 Å². The molecule has 1 saturated heterocycles. The van der Waals surface area contributed by atoms with E-state index in [1.807, 2.05) is 36.1 Å². The second-order valence-corrected chi connectivity index (χ2v) is 7.37. The van der Waals surface area contributed by atoms with Crippen molar-refractivity contribution in [2.45, 2.75) is 57.3 Å². The first-order valence-corrected chi connectivity index (χ1v) is 9.34. The summed E-state index contributed by atoms with van der Waals surface area (Å²) in [6, 6.07) is 8.63. The van der Waals surface area contributed by atoms with Crippen LogP contribution in [0.2, 0.25) is 0 Å². The highest BCUT2D eigenvalue weighted by atomic mass is 32.2. The Morgan fingerprint density at radius 3 is 2.54 bits per heavy atom. The molecule has 6 nitrogen and oxygen atoms in total. The van der Waals surface area contributed by atoms with Gasteiger partial charge in [0.2, 0.25) is 11.1 Å². The van der Waals surface area contributed by atoms with Crippen LogP contribution in [-0.2, 0) is 4.79 Å². The van der Waals surface area contributed by atoms with Crippen LogP contribution in [0.25, 0.3) is 5.69 Å². The standard InChI is InChI=1S/C17H23N5OS/c1-12-7-9-15(10-8-12)22-17(18-19-20-22)24-11-16(23)21-13(2)5-4-6-14(21)3/h7-10,13-14H,4-6,11H2,1-3H3. The average molecular weight is 345 g/mol. The monoisotopic (exact) mass is 345 g/mol. The molecule has 1 fully saturated rings. The molecule has 1 aromatic heterocycles. The number of aryl methyl sites for hydroxylation is 1. The van der Waals surface area contributed by atoms with E-state index < -0.39 is 0 Å². The Bertz CT molecular complexity index is 689. The van der Waals surface area contributed by atoms with Crippen molar-refractivity contribution in [1.82, 2.24) is 25.1 Å². The van der Waals surface area contributed by atoms with Crippen LogP contribution >= 0.6 is 11.8 Å². The van der Waals surface area contributed by atoms with Crippen LogP contribution in [0.1, 0.15) is 38.7 Å². The molecular weight excluding hydrogens is 322 g/mol. The number of piperidine rings is 1. The molecule has 128 valence electrons. The largest absolute Gasteiger partial charge is 0.337 e. The normalized spacial score (nSPS) is 21.0. The SMILES string of the molecule is Cc1ccc(-n2nnnc2SCC(=O)N2C(C)CCCC2C)cc1. The highest BCUT2D eigenvalue weighted by Crippen LogP contribution is 2.25. The second-order valence-electron chi connectivity index (χ2n) is 6.43. The molecule has 24 heavy (non-hydrogen) atoms. The predicted octanol–water partition coefficient (Wildman–Crippen LogP) is 2.85. The van der Waals surface area contributed by atoms with E-state index >= 15 is 0 Å². The Labute approximate surface area is 146 Å². The van der Waals surface area contributed by atoms with E-state index in [4.69, 9.17) is 0 Å². The lowest BCUT2D eigenvalue weighted by molar-refractivity contribution is -0.134. The van der Waals surface area contributed by atoms with Crippen molar-refractivity contribution in [1.29, 1.82) is 0 Å². The first-order valence-electron chi connectivity index (χ1n) is 8.35. The molecule has 1 aliphatic rings. The summed E-state index contributed by atoms with van der Waals surface area (Å²) < 4.78 is 1.68. The van der Waals surface area contributed by atoms with Crippen molar-refractivity contribution in [2.75, 3.05) is 5.75 Å². The van der Waals surface area contributed by atoms with Crippen LogP contribution < -0.4 is 0 Å². The number of tetrazole rings is 1. The van der Waals surface area contributed by atoms with Crippen LogP contribution in [0.5, 0.6) is 0 Å². The second kappa shape index (κ2) is 7.34. The third-order valence-electron chi connectivity index (χ3n) is 4.53. The number of carbonyl (C=O) groups is 1. The van der Waals surface area contributed by atoms with E-state index in [-0.39, 0.29) is 5.91 Å². The molecular formula is C17H23N5OS. The minimum Gasteiger partial charge on any atom is -0.337 e. The number of rotatable bonds is 4. The minimum absolute atomic E-state index is 0.165. The lowest BCUT2D eigenvalue weighted by atomic mass is 9.98. The van der Waals surface area contributed by atoms with Crippen LogP contribution in [-0.4, -0.2) is 48.9 Å². The molecule has 0 N–H and O–H groups in total. The summed E-state index contributed by atoms with van der Waals surface area (Å²) in [7, 11) is 0. The number of hydrogen-bond donors (Lipinski definition) is 0. The highest BCUT2D eigenvalue weighted by Gasteiger charge is 2.29. The zero-order valence-corrected chi connectivity index (χ0v) is 15.2. The smallest absolute Gasteiger partial charge is 0.233 e. The molecule has 1 aliphatic heterocycles. The number of likely N-dealkylation sites (tertiary alicyclic amines) is 1. The summed E-state index contributed by atoms with van der Waals surface area (Å²) in [5.74, 6) is 0.527. The van der Waals surface area contributed by atoms with Gasteiger partial charge in [-0.1, -0.05) is 29.5 Å². The summed E-state index contributed by atoms with van der Waals surface area (Å²) in [5, 5.41) is 12.5. The van der Waals surface area contributed by atoms with Crippen LogP contribution in [0.4, 0.5) is 0 Å². The third-order valence-corrected chi connectivity index (χ3v) is 5.43. The summed E-state index contributed by atoms with van der Waals surface area (Å²) in [6.07, 6.45) is 3.37. The van der Waals surface area contributed by atoms with Gasteiger partial charge in [0.1, 0.15) is 0 Å². The zero-order chi connectivity index (χ0) is 17.1. The lowest BCUT2D eigenvalue weighted by Crippen LogP contribution is -2.48. The summed E-state index contributed by atoms with van der Waals surface area (Å²) in [6.45, 7) is 6.31. The molecule has 0 spiro atoms. The number of amides is 1. The van der Waals surface area contributed by atoms with Crippen LogP contribution in [0.15, 0.2) is 29.4 Å². The van der Waals surface area contributed by atoms with Crippen molar-refractivity contribution in [3.05, 3.63) is 29.8 Å². The molecule has 0 radical (unpaired) electrons. The molecule has 1 amide bonds. The average Bonchev–Trinajstić information content (AvgIpc) is 3.02. The molecule has 0 aliphatic carbocycles. The summed E-state index contributed by atoms with van der Waals surface area (Å²) >= 11 is 1.39. The van der Waals surface area contributed by atoms with Crippen molar-refractivity contribution < 1.29 is 4.79 Å². The molecule has 2 heterocycles. The Morgan fingerprint density at radius 2 is 1.88 bits per heavy atom. The molecule has 2 unspecified atom stereocenters. The fourth-order valence-corrected chi connectivity index (χ4v) is 3.99. The van der Waals surface area contributed by atoms with Crippen molar-refractivity contribution in [3.63, 3.8) is 0 Å². The van der Waals surface area contributed by atoms with Gasteiger partial charge in [-0.15, -0.1) is 5.10 Å². The first kappa shape index (κ1) is 17.0. The fraction of sp³-hybridized carbons (Fsp3) is 0.529. The van der Waals surface area contributed by atoms with Gasteiger partial charge in [-0.3, -0.25) is 4.79 Å². The maximum absolute atomic E-state index is 12.6. The molecule has 1 aromatic carbocycles. The molecule has 0 saturated carbocycles. The van der Waals surface area contributed by atoms with Gasteiger partial charge >= 0.3 is 0 Å². The van der Waals surface area contributed by atoms with E-state index in [2.05, 4.69) is 29.4 Å². The predicted molar refractivity (Wildman–Crippen MR) is 94.2 cm³/mol. The zero-order valence-electron chi connectivity index (χ0n) is 14.3. The minimum atomic E-state index is 0.165. The number of nitrogens with zero attached hydrogens (tertiary/aromatic N) is 5. The Hall–Kier alpha value is -1.89. The van der Waals surface area contributed by atoms with Gasteiger partial charge in [0, 0.05) is 12.1 Å². The Kier molecular flexibility index (Phi) is 5.18. The van der Waals surface area contributed by atoms with Gasteiger partial charge in [-0.05, 0) is 62.6 Å². The van der Waals surface area contributed by atoms with Crippen molar-refractivity contribution >= 4 is 17.7 Å². The van der Waals surface area contributed by atoms with E-state index in [9.17, 15) is 4.79 Å². The highest BCUT2D eigenvalue weighted by molar-refractivity contribution is 7.99. The van der Waals surface area contributed by atoms with Crippen molar-refractivity contribution in [3.8, 4) is 5.69 Å². The van der Waals surface area contributed by atoms with E-state index in [0.717, 1.165) is 18.5 Å². The maximum Gasteiger partial charge on any atom is 0.233 e. The first-order chi connectivity index (χ1) is 11.6.